The predicted molar refractivity (Wildman–Crippen MR) is 105 cm³/mol. The highest BCUT2D eigenvalue weighted by molar-refractivity contribution is 5.93. The molecule has 2 rings (SSSR count). The third-order valence-electron chi connectivity index (χ3n) is 4.34. The van der Waals surface area contributed by atoms with Crippen LogP contribution in [0.25, 0.3) is 0 Å². The van der Waals surface area contributed by atoms with Gasteiger partial charge in [0.05, 0.1) is 20.8 Å². The average molecular weight is 356 g/mol. The van der Waals surface area contributed by atoms with Gasteiger partial charge in [0.25, 0.3) is 0 Å². The van der Waals surface area contributed by atoms with Crippen molar-refractivity contribution in [3.05, 3.63) is 53.1 Å². The molecule has 0 spiro atoms. The van der Waals surface area contributed by atoms with Crippen molar-refractivity contribution in [1.29, 1.82) is 0 Å². The van der Waals surface area contributed by atoms with E-state index in [2.05, 4.69) is 12.2 Å². The number of para-hydroxylation sites is 2. The Balaban J connectivity index is 2.05. The summed E-state index contributed by atoms with van der Waals surface area (Å²) in [7, 11) is 5.15. The fourth-order valence-corrected chi connectivity index (χ4v) is 3.05. The Bertz CT molecular complexity index is 759. The first-order chi connectivity index (χ1) is 12.5. The lowest BCUT2D eigenvalue weighted by molar-refractivity contribution is -0.117. The fourth-order valence-electron chi connectivity index (χ4n) is 3.05. The molecule has 1 N–H and O–H groups in total. The Kier molecular flexibility index (Phi) is 7.04. The summed E-state index contributed by atoms with van der Waals surface area (Å²) in [6.07, 6.45) is 0.883. The number of benzene rings is 2. The third-order valence-corrected chi connectivity index (χ3v) is 4.34. The van der Waals surface area contributed by atoms with Gasteiger partial charge in [0.15, 0.2) is 11.5 Å². The van der Waals surface area contributed by atoms with Crippen molar-refractivity contribution in [2.24, 2.45) is 0 Å². The lowest BCUT2D eigenvalue weighted by atomic mass is 10.1. The molecule has 0 fully saturated rings. The molecule has 0 aromatic heterocycles. The summed E-state index contributed by atoms with van der Waals surface area (Å²) in [6, 6.07) is 11.8. The lowest BCUT2D eigenvalue weighted by Crippen LogP contribution is -2.30. The van der Waals surface area contributed by atoms with Gasteiger partial charge in [0.1, 0.15) is 0 Å². The molecule has 2 aromatic rings. The number of hydrogen-bond donors (Lipinski definition) is 1. The second-order valence-corrected chi connectivity index (χ2v) is 6.34. The van der Waals surface area contributed by atoms with Gasteiger partial charge in [-0.3, -0.25) is 9.69 Å². The Hall–Kier alpha value is -2.53. The number of hydrogen-bond acceptors (Lipinski definition) is 4. The molecule has 0 aliphatic rings. The van der Waals surface area contributed by atoms with Crippen LogP contribution in [0.5, 0.6) is 11.5 Å². The van der Waals surface area contributed by atoms with Crippen molar-refractivity contribution >= 4 is 11.6 Å². The number of aryl methyl sites for hydroxylation is 2. The van der Waals surface area contributed by atoms with Crippen LogP contribution in [-0.4, -0.2) is 38.6 Å². The summed E-state index contributed by atoms with van der Waals surface area (Å²) in [5.41, 5.74) is 4.13. The van der Waals surface area contributed by atoms with E-state index in [0.29, 0.717) is 18.0 Å². The van der Waals surface area contributed by atoms with Crippen LogP contribution < -0.4 is 14.8 Å². The van der Waals surface area contributed by atoms with E-state index in [1.165, 1.54) is 0 Å². The molecule has 5 nitrogen and oxygen atoms in total. The molecule has 0 radical (unpaired) electrons. The van der Waals surface area contributed by atoms with Crippen molar-refractivity contribution in [3.8, 4) is 11.5 Å². The number of anilines is 1. The molecule has 0 aliphatic carbocycles. The Labute approximate surface area is 155 Å². The predicted octanol–water partition coefficient (Wildman–Crippen LogP) is 3.65. The van der Waals surface area contributed by atoms with Crippen LogP contribution in [0.3, 0.4) is 0 Å². The van der Waals surface area contributed by atoms with Crippen LogP contribution >= 0.6 is 0 Å². The van der Waals surface area contributed by atoms with E-state index in [1.807, 2.05) is 55.3 Å². The van der Waals surface area contributed by atoms with E-state index in [0.717, 1.165) is 28.8 Å². The highest BCUT2D eigenvalue weighted by Gasteiger charge is 2.14. The summed E-state index contributed by atoms with van der Waals surface area (Å²) in [4.78, 5) is 14.5. The summed E-state index contributed by atoms with van der Waals surface area (Å²) < 4.78 is 10.8. The minimum atomic E-state index is -0.0293. The molecule has 1 amide bonds. The number of carbonyl (C=O) groups is 1. The number of methoxy groups -OCH3 is 2. The maximum Gasteiger partial charge on any atom is 0.238 e. The second kappa shape index (κ2) is 9.25. The molecule has 5 heteroatoms. The van der Waals surface area contributed by atoms with Gasteiger partial charge in [-0.05, 0) is 37.6 Å². The van der Waals surface area contributed by atoms with E-state index >= 15 is 0 Å². The highest BCUT2D eigenvalue weighted by atomic mass is 16.5. The van der Waals surface area contributed by atoms with Gasteiger partial charge in [-0.15, -0.1) is 0 Å². The van der Waals surface area contributed by atoms with Crippen LogP contribution in [0.2, 0.25) is 0 Å². The topological polar surface area (TPSA) is 50.8 Å². The van der Waals surface area contributed by atoms with Gasteiger partial charge in [-0.25, -0.2) is 0 Å². The third kappa shape index (κ3) is 4.76. The average Bonchev–Trinajstić information content (AvgIpc) is 2.62. The van der Waals surface area contributed by atoms with Gasteiger partial charge in [0.2, 0.25) is 5.91 Å². The van der Waals surface area contributed by atoms with Gasteiger partial charge in [-0.1, -0.05) is 37.3 Å². The Morgan fingerprint density at radius 1 is 1.08 bits per heavy atom. The first kappa shape index (κ1) is 19.8. The largest absolute Gasteiger partial charge is 0.493 e. The molecule has 0 aliphatic heterocycles. The standard InChI is InChI=1S/C21H28N2O3/c1-6-16-10-7-9-15(2)20(16)22-19(24)14-23(3)13-17-11-8-12-18(25-4)21(17)26-5/h7-12H,6,13-14H2,1-5H3,(H,22,24). The molecular weight excluding hydrogens is 328 g/mol. The SMILES string of the molecule is CCc1cccc(C)c1NC(=O)CN(C)Cc1cccc(OC)c1OC. The van der Waals surface area contributed by atoms with Crippen LogP contribution in [-0.2, 0) is 17.8 Å². The summed E-state index contributed by atoms with van der Waals surface area (Å²) in [6.45, 7) is 4.98. The number of ether oxygens (including phenoxy) is 2. The van der Waals surface area contributed by atoms with E-state index in [4.69, 9.17) is 9.47 Å². The molecule has 0 saturated heterocycles. The number of nitrogens with one attached hydrogen (secondary N) is 1. The van der Waals surface area contributed by atoms with Gasteiger partial charge in [-0.2, -0.15) is 0 Å². The van der Waals surface area contributed by atoms with Gasteiger partial charge < -0.3 is 14.8 Å². The summed E-state index contributed by atoms with van der Waals surface area (Å²) in [5.74, 6) is 1.36. The molecule has 0 unspecified atom stereocenters. The number of amides is 1. The molecule has 2 aromatic carbocycles. The van der Waals surface area contributed by atoms with Crippen LogP contribution in [0.15, 0.2) is 36.4 Å². The minimum Gasteiger partial charge on any atom is -0.493 e. The number of likely N-dealkylation sites (N-methyl/N-ethyl adjacent to an activating group) is 1. The first-order valence-corrected chi connectivity index (χ1v) is 8.76. The molecule has 0 atom stereocenters. The Morgan fingerprint density at radius 2 is 1.77 bits per heavy atom. The van der Waals surface area contributed by atoms with E-state index in [1.54, 1.807) is 14.2 Å². The first-order valence-electron chi connectivity index (χ1n) is 8.76. The lowest BCUT2D eigenvalue weighted by Gasteiger charge is -2.20. The smallest absolute Gasteiger partial charge is 0.238 e. The van der Waals surface area contributed by atoms with E-state index in [-0.39, 0.29) is 12.5 Å². The van der Waals surface area contributed by atoms with Crippen molar-refractivity contribution in [2.45, 2.75) is 26.8 Å². The van der Waals surface area contributed by atoms with Crippen LogP contribution in [0.1, 0.15) is 23.6 Å². The highest BCUT2D eigenvalue weighted by Crippen LogP contribution is 2.31. The maximum absolute atomic E-state index is 12.5. The summed E-state index contributed by atoms with van der Waals surface area (Å²) in [5, 5.41) is 3.06. The van der Waals surface area contributed by atoms with E-state index < -0.39 is 0 Å². The zero-order valence-electron chi connectivity index (χ0n) is 16.3. The number of rotatable bonds is 8. The van der Waals surface area contributed by atoms with Crippen LogP contribution in [0.4, 0.5) is 5.69 Å². The van der Waals surface area contributed by atoms with Crippen molar-refractivity contribution in [2.75, 3.05) is 33.1 Å². The molecular formula is C21H28N2O3. The zero-order chi connectivity index (χ0) is 19.1. The molecule has 26 heavy (non-hydrogen) atoms. The zero-order valence-corrected chi connectivity index (χ0v) is 16.3. The van der Waals surface area contributed by atoms with Crippen LogP contribution in [0, 0.1) is 6.92 Å². The van der Waals surface area contributed by atoms with Crippen molar-refractivity contribution in [3.63, 3.8) is 0 Å². The quantitative estimate of drug-likeness (QED) is 0.784. The monoisotopic (exact) mass is 356 g/mol. The number of carbonyl (C=O) groups excluding carboxylic acids is 1. The minimum absolute atomic E-state index is 0.0293. The maximum atomic E-state index is 12.5. The Morgan fingerprint density at radius 3 is 2.42 bits per heavy atom. The second-order valence-electron chi connectivity index (χ2n) is 6.34. The molecule has 0 saturated carbocycles. The summed E-state index contributed by atoms with van der Waals surface area (Å²) >= 11 is 0. The van der Waals surface area contributed by atoms with Gasteiger partial charge in [0, 0.05) is 17.8 Å². The van der Waals surface area contributed by atoms with E-state index in [9.17, 15) is 4.79 Å². The van der Waals surface area contributed by atoms with Crippen molar-refractivity contribution in [1.82, 2.24) is 4.90 Å². The molecule has 140 valence electrons. The normalized spacial score (nSPS) is 10.7. The van der Waals surface area contributed by atoms with Crippen molar-refractivity contribution < 1.29 is 14.3 Å². The number of nitrogens with zero attached hydrogens (tertiary/aromatic N) is 1. The molecule has 0 heterocycles. The molecule has 0 bridgehead atoms. The van der Waals surface area contributed by atoms with Gasteiger partial charge >= 0.3 is 0 Å². The fraction of sp³-hybridized carbons (Fsp3) is 0.381.